The molecule has 2 heterocycles. The molecule has 1 aliphatic rings. The normalized spacial score (nSPS) is 14.6. The van der Waals surface area contributed by atoms with Crippen LogP contribution in [0.25, 0.3) is 10.9 Å². The number of hydrogen-bond donors (Lipinski definition) is 3. The number of rotatable bonds is 6. The first-order valence-corrected chi connectivity index (χ1v) is 10.5. The van der Waals surface area contributed by atoms with Crippen LogP contribution in [0.5, 0.6) is 5.75 Å². The minimum atomic E-state index is -0.583. The fraction of sp³-hybridized carbons (Fsp3) is 0.348. The maximum Gasteiger partial charge on any atom is 0.254 e. The van der Waals surface area contributed by atoms with Crippen LogP contribution in [0, 0.1) is 5.82 Å². The Kier molecular flexibility index (Phi) is 6.27. The molecule has 1 aliphatic heterocycles. The highest BCUT2D eigenvalue weighted by Crippen LogP contribution is 2.27. The molecule has 162 valence electrons. The van der Waals surface area contributed by atoms with Gasteiger partial charge in [0.05, 0.1) is 5.56 Å². The van der Waals surface area contributed by atoms with Gasteiger partial charge in [-0.15, -0.1) is 0 Å². The third-order valence-electron chi connectivity index (χ3n) is 5.04. The maximum atomic E-state index is 14.2. The van der Waals surface area contributed by atoms with Crippen molar-refractivity contribution >= 4 is 28.4 Å². The van der Waals surface area contributed by atoms with Gasteiger partial charge in [-0.05, 0) is 64.0 Å². The van der Waals surface area contributed by atoms with Gasteiger partial charge < -0.3 is 20.7 Å². The number of para-hydroxylation sites is 1. The van der Waals surface area contributed by atoms with E-state index in [9.17, 15) is 9.18 Å². The number of carbonyl (C=O) groups is 1. The van der Waals surface area contributed by atoms with Crippen LogP contribution in [0.1, 0.15) is 37.0 Å². The van der Waals surface area contributed by atoms with Crippen LogP contribution < -0.4 is 20.7 Å². The van der Waals surface area contributed by atoms with Gasteiger partial charge in [-0.2, -0.15) is 0 Å². The Morgan fingerprint density at radius 1 is 1.23 bits per heavy atom. The monoisotopic (exact) mass is 423 g/mol. The number of aromatic nitrogens is 2. The predicted molar refractivity (Wildman–Crippen MR) is 118 cm³/mol. The Bertz CT molecular complexity index is 1080. The van der Waals surface area contributed by atoms with E-state index in [1.807, 2.05) is 32.0 Å². The van der Waals surface area contributed by atoms with Crippen molar-refractivity contribution in [3.63, 3.8) is 0 Å². The molecule has 3 N–H and O–H groups in total. The summed E-state index contributed by atoms with van der Waals surface area (Å²) in [6.07, 6.45) is 3.76. The smallest absolute Gasteiger partial charge is 0.254 e. The fourth-order valence-electron chi connectivity index (χ4n) is 3.52. The van der Waals surface area contributed by atoms with Crippen molar-refractivity contribution in [1.29, 1.82) is 0 Å². The largest absolute Gasteiger partial charge is 0.488 e. The molecular formula is C23H26FN5O2. The minimum Gasteiger partial charge on any atom is -0.488 e. The summed E-state index contributed by atoms with van der Waals surface area (Å²) in [6.45, 7) is 5.53. The zero-order valence-corrected chi connectivity index (χ0v) is 17.6. The molecule has 0 aliphatic carbocycles. The number of amides is 1. The van der Waals surface area contributed by atoms with Crippen molar-refractivity contribution in [3.8, 4) is 5.75 Å². The first-order chi connectivity index (χ1) is 15.0. The number of nitrogens with one attached hydrogen (secondary N) is 3. The van der Waals surface area contributed by atoms with E-state index in [2.05, 4.69) is 25.9 Å². The summed E-state index contributed by atoms with van der Waals surface area (Å²) in [6, 6.07) is 9.93. The fourth-order valence-corrected chi connectivity index (χ4v) is 3.52. The Balaban J connectivity index is 1.59. The Hall–Kier alpha value is -3.26. The minimum absolute atomic E-state index is 0.0329. The summed E-state index contributed by atoms with van der Waals surface area (Å²) in [7, 11) is 0. The summed E-state index contributed by atoms with van der Waals surface area (Å²) >= 11 is 0. The number of halogens is 1. The second kappa shape index (κ2) is 9.26. The van der Waals surface area contributed by atoms with Crippen molar-refractivity contribution in [2.45, 2.75) is 38.8 Å². The standard InChI is InChI=1S/C23H26FN5O2/c1-14(2)27-22(30)18-12-16(6-7-19(18)24)28-23-26-13-15-4-3-5-20(21(15)29-23)31-17-8-10-25-11-9-17/h3-7,12-14,17,25H,8-11H2,1-2H3,(H,27,30)(H,26,28,29). The highest BCUT2D eigenvalue weighted by Gasteiger charge is 2.17. The molecule has 0 radical (unpaired) electrons. The molecule has 7 nitrogen and oxygen atoms in total. The van der Waals surface area contributed by atoms with E-state index in [-0.39, 0.29) is 17.7 Å². The summed E-state index contributed by atoms with van der Waals surface area (Å²) in [5, 5.41) is 9.97. The van der Waals surface area contributed by atoms with Gasteiger partial charge in [0.2, 0.25) is 5.95 Å². The highest BCUT2D eigenvalue weighted by molar-refractivity contribution is 5.95. The van der Waals surface area contributed by atoms with Gasteiger partial charge >= 0.3 is 0 Å². The van der Waals surface area contributed by atoms with Gasteiger partial charge in [0, 0.05) is 23.3 Å². The number of carbonyl (C=O) groups excluding carboxylic acids is 1. The molecule has 0 spiro atoms. The number of ether oxygens (including phenoxy) is 1. The second-order valence-electron chi connectivity index (χ2n) is 7.90. The molecule has 1 amide bonds. The van der Waals surface area contributed by atoms with Crippen LogP contribution in [0.15, 0.2) is 42.6 Å². The molecule has 0 saturated carbocycles. The topological polar surface area (TPSA) is 88.2 Å². The van der Waals surface area contributed by atoms with Gasteiger partial charge in [-0.3, -0.25) is 4.79 Å². The van der Waals surface area contributed by atoms with Crippen LogP contribution in [-0.2, 0) is 0 Å². The van der Waals surface area contributed by atoms with E-state index in [4.69, 9.17) is 4.74 Å². The molecule has 1 saturated heterocycles. The average molecular weight is 423 g/mol. The lowest BCUT2D eigenvalue weighted by atomic mass is 10.1. The molecule has 0 unspecified atom stereocenters. The van der Waals surface area contributed by atoms with Gasteiger partial charge in [0.1, 0.15) is 23.2 Å². The Morgan fingerprint density at radius 3 is 2.81 bits per heavy atom. The first kappa shape index (κ1) is 21.0. The van der Waals surface area contributed by atoms with E-state index in [0.717, 1.165) is 31.3 Å². The highest BCUT2D eigenvalue weighted by atomic mass is 19.1. The lowest BCUT2D eigenvalue weighted by molar-refractivity contribution is 0.0939. The van der Waals surface area contributed by atoms with E-state index >= 15 is 0 Å². The summed E-state index contributed by atoms with van der Waals surface area (Å²) in [5.41, 5.74) is 1.19. The summed E-state index contributed by atoms with van der Waals surface area (Å²) in [4.78, 5) is 21.2. The van der Waals surface area contributed by atoms with Gasteiger partial charge in [0.15, 0.2) is 0 Å². The van der Waals surface area contributed by atoms with Crippen LogP contribution in [0.2, 0.25) is 0 Å². The first-order valence-electron chi connectivity index (χ1n) is 10.5. The van der Waals surface area contributed by atoms with Gasteiger partial charge in [0.25, 0.3) is 5.91 Å². The van der Waals surface area contributed by atoms with Crippen LogP contribution in [-0.4, -0.2) is 41.1 Å². The van der Waals surface area contributed by atoms with Crippen LogP contribution in [0.3, 0.4) is 0 Å². The third kappa shape index (κ3) is 5.08. The molecule has 1 aromatic heterocycles. The molecule has 0 bridgehead atoms. The summed E-state index contributed by atoms with van der Waals surface area (Å²) in [5.74, 6) is 0.00988. The van der Waals surface area contributed by atoms with E-state index in [0.29, 0.717) is 22.9 Å². The number of nitrogens with zero attached hydrogens (tertiary/aromatic N) is 2. The molecule has 3 aromatic rings. The molecule has 4 rings (SSSR count). The van der Waals surface area contributed by atoms with E-state index < -0.39 is 11.7 Å². The Labute approximate surface area is 180 Å². The molecular weight excluding hydrogens is 397 g/mol. The average Bonchev–Trinajstić information content (AvgIpc) is 2.76. The molecule has 1 fully saturated rings. The van der Waals surface area contributed by atoms with Gasteiger partial charge in [-0.25, -0.2) is 14.4 Å². The summed E-state index contributed by atoms with van der Waals surface area (Å²) < 4.78 is 20.4. The molecule has 31 heavy (non-hydrogen) atoms. The lowest BCUT2D eigenvalue weighted by Gasteiger charge is -2.24. The predicted octanol–water partition coefficient (Wildman–Crippen LogP) is 3.78. The van der Waals surface area contributed by atoms with E-state index in [1.54, 1.807) is 12.3 Å². The Morgan fingerprint density at radius 2 is 2.03 bits per heavy atom. The van der Waals surface area contributed by atoms with Crippen LogP contribution >= 0.6 is 0 Å². The number of benzene rings is 2. The van der Waals surface area contributed by atoms with Crippen molar-refractivity contribution < 1.29 is 13.9 Å². The SMILES string of the molecule is CC(C)NC(=O)c1cc(Nc2ncc3cccc(OC4CCNCC4)c3n2)ccc1F. The number of fused-ring (bicyclic) bond motifs is 1. The quantitative estimate of drug-likeness (QED) is 0.559. The number of piperidine rings is 1. The van der Waals surface area contributed by atoms with Gasteiger partial charge in [-0.1, -0.05) is 12.1 Å². The lowest BCUT2D eigenvalue weighted by Crippen LogP contribution is -2.34. The molecule has 8 heteroatoms. The van der Waals surface area contributed by atoms with Crippen molar-refractivity contribution in [2.24, 2.45) is 0 Å². The van der Waals surface area contributed by atoms with Crippen molar-refractivity contribution in [2.75, 3.05) is 18.4 Å². The zero-order chi connectivity index (χ0) is 21.8. The zero-order valence-electron chi connectivity index (χ0n) is 17.6. The third-order valence-corrected chi connectivity index (χ3v) is 5.04. The maximum absolute atomic E-state index is 14.2. The number of anilines is 2. The second-order valence-corrected chi connectivity index (χ2v) is 7.90. The van der Waals surface area contributed by atoms with E-state index in [1.165, 1.54) is 12.1 Å². The number of hydrogen-bond acceptors (Lipinski definition) is 6. The van der Waals surface area contributed by atoms with Crippen molar-refractivity contribution in [1.82, 2.24) is 20.6 Å². The van der Waals surface area contributed by atoms with Crippen LogP contribution in [0.4, 0.5) is 16.0 Å². The van der Waals surface area contributed by atoms with Crippen molar-refractivity contribution in [3.05, 3.63) is 54.0 Å². The molecule has 2 aromatic carbocycles. The molecule has 0 atom stereocenters.